The van der Waals surface area contributed by atoms with Crippen molar-refractivity contribution in [2.45, 2.75) is 43.0 Å². The number of nitrogens with zero attached hydrogens (tertiary/aromatic N) is 3. The SMILES string of the molecule is CCS[C@@H]1O[C@@H]2COC(c3ccccc3)O[C@H]2[C@@H](O)[C@@H]1N=[N+]=[N-]. The Balaban J connectivity index is 1.77. The van der Waals surface area contributed by atoms with E-state index in [0.29, 0.717) is 6.61 Å². The van der Waals surface area contributed by atoms with Crippen molar-refractivity contribution in [3.63, 3.8) is 0 Å². The highest BCUT2D eigenvalue weighted by atomic mass is 32.2. The number of benzene rings is 1. The Bertz CT molecular complexity index is 569. The molecule has 2 saturated heterocycles. The first-order chi connectivity index (χ1) is 11.2. The van der Waals surface area contributed by atoms with Crippen LogP contribution in [0.3, 0.4) is 0 Å². The van der Waals surface area contributed by atoms with Crippen molar-refractivity contribution in [3.05, 3.63) is 46.3 Å². The molecule has 0 bridgehead atoms. The number of hydrogen-bond acceptors (Lipinski definition) is 6. The summed E-state index contributed by atoms with van der Waals surface area (Å²) >= 11 is 1.50. The number of fused-ring (bicyclic) bond motifs is 1. The van der Waals surface area contributed by atoms with Gasteiger partial charge >= 0.3 is 0 Å². The number of thioether (sulfide) groups is 1. The zero-order valence-corrected chi connectivity index (χ0v) is 13.5. The standard InChI is InChI=1S/C15H19N3O4S/c1-2-23-15-11(17-18-16)12(19)13-10(21-15)8-20-14(22-13)9-6-4-3-5-7-9/h3-7,10-15,19H,2,8H2,1H3/t10-,11+,12+,13-,14?,15+/m1/s1. The van der Waals surface area contributed by atoms with Crippen molar-refractivity contribution in [1.29, 1.82) is 0 Å². The van der Waals surface area contributed by atoms with Crippen molar-refractivity contribution in [3.8, 4) is 0 Å². The zero-order chi connectivity index (χ0) is 16.2. The quantitative estimate of drug-likeness (QED) is 0.517. The summed E-state index contributed by atoms with van der Waals surface area (Å²) in [7, 11) is 0. The smallest absolute Gasteiger partial charge is 0.184 e. The molecule has 1 N–H and O–H groups in total. The minimum Gasteiger partial charge on any atom is -0.390 e. The predicted molar refractivity (Wildman–Crippen MR) is 85.7 cm³/mol. The average Bonchev–Trinajstić information content (AvgIpc) is 2.59. The van der Waals surface area contributed by atoms with Crippen molar-refractivity contribution in [2.75, 3.05) is 12.4 Å². The normalized spacial score (nSPS) is 36.8. The van der Waals surface area contributed by atoms with Crippen molar-refractivity contribution < 1.29 is 19.3 Å². The fraction of sp³-hybridized carbons (Fsp3) is 0.600. The highest BCUT2D eigenvalue weighted by molar-refractivity contribution is 7.99. The van der Waals surface area contributed by atoms with E-state index in [1.54, 1.807) is 0 Å². The minimum atomic E-state index is -0.927. The van der Waals surface area contributed by atoms with E-state index >= 15 is 0 Å². The molecule has 8 heteroatoms. The molecule has 7 nitrogen and oxygen atoms in total. The van der Waals surface area contributed by atoms with Crippen LogP contribution in [-0.2, 0) is 14.2 Å². The largest absolute Gasteiger partial charge is 0.390 e. The first-order valence-electron chi connectivity index (χ1n) is 7.56. The summed E-state index contributed by atoms with van der Waals surface area (Å²) in [6, 6.07) is 8.85. The minimum absolute atomic E-state index is 0.324. The topological polar surface area (TPSA) is 96.7 Å². The lowest BCUT2D eigenvalue weighted by atomic mass is 9.97. The monoisotopic (exact) mass is 337 g/mol. The van der Waals surface area contributed by atoms with Crippen LogP contribution in [0.25, 0.3) is 10.4 Å². The van der Waals surface area contributed by atoms with Gasteiger partial charge in [0.15, 0.2) is 6.29 Å². The van der Waals surface area contributed by atoms with Gasteiger partial charge in [-0.3, -0.25) is 0 Å². The van der Waals surface area contributed by atoms with Crippen molar-refractivity contribution in [2.24, 2.45) is 5.11 Å². The molecule has 0 aromatic heterocycles. The molecule has 2 aliphatic rings. The average molecular weight is 337 g/mol. The summed E-state index contributed by atoms with van der Waals surface area (Å²) in [4.78, 5) is 2.84. The van der Waals surface area contributed by atoms with Crippen LogP contribution >= 0.6 is 11.8 Å². The van der Waals surface area contributed by atoms with Gasteiger partial charge in [0.25, 0.3) is 0 Å². The van der Waals surface area contributed by atoms with Gasteiger partial charge in [0, 0.05) is 10.5 Å². The Morgan fingerprint density at radius 1 is 1.35 bits per heavy atom. The third-order valence-corrected chi connectivity index (χ3v) is 4.97. The molecule has 2 fully saturated rings. The third-order valence-electron chi connectivity index (χ3n) is 3.92. The summed E-state index contributed by atoms with van der Waals surface area (Å²) in [6.07, 6.45) is -2.45. The fourth-order valence-corrected chi connectivity index (χ4v) is 3.80. The molecule has 1 aromatic rings. The van der Waals surface area contributed by atoms with Gasteiger partial charge in [-0.05, 0) is 11.3 Å². The maximum absolute atomic E-state index is 10.6. The summed E-state index contributed by atoms with van der Waals surface area (Å²) in [6.45, 7) is 2.31. The molecule has 0 saturated carbocycles. The first kappa shape index (κ1) is 16.6. The molecule has 0 amide bonds. The Kier molecular flexibility index (Phi) is 5.42. The first-order valence-corrected chi connectivity index (χ1v) is 8.60. The Labute approximate surface area is 138 Å². The lowest BCUT2D eigenvalue weighted by molar-refractivity contribution is -0.305. The second kappa shape index (κ2) is 7.53. The van der Waals surface area contributed by atoms with E-state index in [9.17, 15) is 5.11 Å². The molecule has 6 atom stereocenters. The molecule has 0 radical (unpaired) electrons. The molecule has 0 spiro atoms. The van der Waals surface area contributed by atoms with Gasteiger partial charge in [-0.25, -0.2) is 0 Å². The number of ether oxygens (including phenoxy) is 3. The van der Waals surface area contributed by atoms with Crippen LogP contribution in [0.1, 0.15) is 18.8 Å². The molecular weight excluding hydrogens is 318 g/mol. The molecule has 1 aromatic carbocycles. The van der Waals surface area contributed by atoms with E-state index in [-0.39, 0.29) is 6.10 Å². The molecular formula is C15H19N3O4S. The Hall–Kier alpha value is -1.28. The van der Waals surface area contributed by atoms with Crippen LogP contribution in [0.15, 0.2) is 35.4 Å². The molecule has 1 unspecified atom stereocenters. The molecule has 0 aliphatic carbocycles. The van der Waals surface area contributed by atoms with Gasteiger partial charge in [-0.2, -0.15) is 0 Å². The zero-order valence-electron chi connectivity index (χ0n) is 12.7. The number of hydrogen-bond donors (Lipinski definition) is 1. The Morgan fingerprint density at radius 2 is 2.13 bits per heavy atom. The molecule has 2 aliphatic heterocycles. The lowest BCUT2D eigenvalue weighted by Gasteiger charge is -2.46. The summed E-state index contributed by atoms with van der Waals surface area (Å²) in [5.41, 5.74) is 9.25. The van der Waals surface area contributed by atoms with Crippen LogP contribution in [0.5, 0.6) is 0 Å². The second-order valence-corrected chi connectivity index (χ2v) is 6.74. The number of azide groups is 1. The van der Waals surface area contributed by atoms with Gasteiger partial charge in [0.2, 0.25) is 0 Å². The van der Waals surface area contributed by atoms with Gasteiger partial charge < -0.3 is 19.3 Å². The van der Waals surface area contributed by atoms with Crippen LogP contribution in [0.2, 0.25) is 0 Å². The van der Waals surface area contributed by atoms with E-state index in [4.69, 9.17) is 19.7 Å². The maximum atomic E-state index is 10.6. The summed E-state index contributed by atoms with van der Waals surface area (Å²) < 4.78 is 17.6. The van der Waals surface area contributed by atoms with Crippen LogP contribution in [0.4, 0.5) is 0 Å². The van der Waals surface area contributed by atoms with Gasteiger partial charge in [0.05, 0.1) is 12.7 Å². The second-order valence-electron chi connectivity index (χ2n) is 5.36. The number of aliphatic hydroxyl groups excluding tert-OH is 1. The summed E-state index contributed by atoms with van der Waals surface area (Å²) in [5.74, 6) is 0.792. The van der Waals surface area contributed by atoms with E-state index in [2.05, 4.69) is 10.0 Å². The van der Waals surface area contributed by atoms with Gasteiger partial charge in [0.1, 0.15) is 23.7 Å². The van der Waals surface area contributed by atoms with Gasteiger partial charge in [-0.1, -0.05) is 42.4 Å². The number of rotatable bonds is 4. The van der Waals surface area contributed by atoms with Crippen LogP contribution in [0, 0.1) is 0 Å². The number of aliphatic hydroxyl groups is 1. The van der Waals surface area contributed by atoms with Crippen LogP contribution in [-0.4, -0.2) is 47.3 Å². The molecule has 23 heavy (non-hydrogen) atoms. The maximum Gasteiger partial charge on any atom is 0.184 e. The van der Waals surface area contributed by atoms with Crippen molar-refractivity contribution >= 4 is 11.8 Å². The molecule has 124 valence electrons. The van der Waals surface area contributed by atoms with Crippen molar-refractivity contribution in [1.82, 2.24) is 0 Å². The van der Waals surface area contributed by atoms with E-state index < -0.39 is 30.0 Å². The predicted octanol–water partition coefficient (Wildman–Crippen LogP) is 2.62. The highest BCUT2D eigenvalue weighted by Gasteiger charge is 2.49. The highest BCUT2D eigenvalue weighted by Crippen LogP contribution is 2.37. The van der Waals surface area contributed by atoms with E-state index in [0.717, 1.165) is 11.3 Å². The molecule has 3 rings (SSSR count). The van der Waals surface area contributed by atoms with Crippen LogP contribution < -0.4 is 0 Å². The molecule has 2 heterocycles. The van der Waals surface area contributed by atoms with E-state index in [1.807, 2.05) is 37.3 Å². The fourth-order valence-electron chi connectivity index (χ4n) is 2.84. The van der Waals surface area contributed by atoms with Gasteiger partial charge in [-0.15, -0.1) is 11.8 Å². The van der Waals surface area contributed by atoms with E-state index in [1.165, 1.54) is 11.8 Å². The Morgan fingerprint density at radius 3 is 2.83 bits per heavy atom. The summed E-state index contributed by atoms with van der Waals surface area (Å²) in [5, 5.41) is 14.3. The lowest BCUT2D eigenvalue weighted by Crippen LogP contribution is -2.60. The third kappa shape index (κ3) is 3.47.